The Hall–Kier alpha value is -2.07. The minimum absolute atomic E-state index is 0.130. The molecule has 0 unspecified atom stereocenters. The Morgan fingerprint density at radius 3 is 2.48 bits per heavy atom. The molecule has 2 aliphatic rings. The number of carboxylic acid groups (broad SMARTS) is 1. The van der Waals surface area contributed by atoms with Crippen molar-refractivity contribution in [3.8, 4) is 5.88 Å². The third-order valence-corrected chi connectivity index (χ3v) is 4.39. The van der Waals surface area contributed by atoms with Crippen LogP contribution in [0.2, 0.25) is 0 Å². The number of halogens is 3. The van der Waals surface area contributed by atoms with Gasteiger partial charge in [-0.2, -0.15) is 13.2 Å². The van der Waals surface area contributed by atoms with Crippen molar-refractivity contribution < 1.29 is 32.5 Å². The van der Waals surface area contributed by atoms with E-state index in [0.29, 0.717) is 12.8 Å². The predicted octanol–water partition coefficient (Wildman–Crippen LogP) is 1.81. The number of piperidine rings is 1. The largest absolute Gasteiger partial charge is 0.474 e. The zero-order valence-electron chi connectivity index (χ0n) is 13.3. The van der Waals surface area contributed by atoms with Gasteiger partial charge in [-0.1, -0.05) is 0 Å². The molecule has 0 aliphatic carbocycles. The summed E-state index contributed by atoms with van der Waals surface area (Å²) in [4.78, 5) is 15.7. The molecular weight excluding hydrogens is 343 g/mol. The molecule has 7 nitrogen and oxygen atoms in total. The molecule has 3 N–H and O–H groups in total. The molecule has 25 heavy (non-hydrogen) atoms. The number of alkyl halides is 3. The summed E-state index contributed by atoms with van der Waals surface area (Å²) in [5.41, 5.74) is 4.26. The highest BCUT2D eigenvalue weighted by atomic mass is 19.4. The lowest BCUT2D eigenvalue weighted by Gasteiger charge is -2.38. The van der Waals surface area contributed by atoms with Gasteiger partial charge in [0.25, 0.3) is 0 Å². The third kappa shape index (κ3) is 3.79. The maximum atomic E-state index is 13.1. The number of likely N-dealkylation sites (tertiary alicyclic amines) is 1. The Morgan fingerprint density at radius 2 is 2.00 bits per heavy atom. The molecule has 0 saturated carbocycles. The Balaban J connectivity index is 1.79. The molecule has 0 spiro atoms. The summed E-state index contributed by atoms with van der Waals surface area (Å²) in [6, 6.07) is 2.32. The minimum Gasteiger partial charge on any atom is -0.474 e. The SMILES string of the molecule is NC1(c2cc(OC3CCN(C(=O)O)CC3)nc(C(F)(F)F)c2)COC1. The number of carbonyl (C=O) groups is 1. The summed E-state index contributed by atoms with van der Waals surface area (Å²) in [6.45, 7) is 0.788. The Labute approximate surface area is 141 Å². The number of hydrogen-bond donors (Lipinski definition) is 2. The van der Waals surface area contributed by atoms with Gasteiger partial charge in [0.05, 0.1) is 18.8 Å². The van der Waals surface area contributed by atoms with Crippen LogP contribution in [0.5, 0.6) is 5.88 Å². The van der Waals surface area contributed by atoms with Crippen LogP contribution in [0.15, 0.2) is 12.1 Å². The quantitative estimate of drug-likeness (QED) is 0.852. The Morgan fingerprint density at radius 1 is 1.36 bits per heavy atom. The molecule has 3 rings (SSSR count). The molecule has 2 saturated heterocycles. The van der Waals surface area contributed by atoms with Crippen LogP contribution in [-0.2, 0) is 16.5 Å². The molecule has 0 bridgehead atoms. The van der Waals surface area contributed by atoms with E-state index >= 15 is 0 Å². The molecule has 3 heterocycles. The van der Waals surface area contributed by atoms with E-state index in [1.807, 2.05) is 0 Å². The first-order valence-corrected chi connectivity index (χ1v) is 7.78. The number of aromatic nitrogens is 1. The van der Waals surface area contributed by atoms with Gasteiger partial charge in [-0.25, -0.2) is 9.78 Å². The number of nitrogens with zero attached hydrogens (tertiary/aromatic N) is 2. The van der Waals surface area contributed by atoms with Gasteiger partial charge in [0.15, 0.2) is 0 Å². The average Bonchev–Trinajstić information content (AvgIpc) is 2.52. The zero-order valence-corrected chi connectivity index (χ0v) is 13.3. The highest BCUT2D eigenvalue weighted by molar-refractivity contribution is 5.65. The van der Waals surface area contributed by atoms with Gasteiger partial charge in [-0.05, 0) is 11.6 Å². The number of ether oxygens (including phenoxy) is 2. The highest BCUT2D eigenvalue weighted by Crippen LogP contribution is 2.35. The molecule has 1 aromatic heterocycles. The number of hydrogen-bond acceptors (Lipinski definition) is 5. The number of amides is 1. The van der Waals surface area contributed by atoms with E-state index in [-0.39, 0.29) is 37.7 Å². The van der Waals surface area contributed by atoms with Gasteiger partial charge in [0.1, 0.15) is 11.8 Å². The molecule has 138 valence electrons. The maximum absolute atomic E-state index is 13.1. The summed E-state index contributed by atoms with van der Waals surface area (Å²) >= 11 is 0. The van der Waals surface area contributed by atoms with Crippen LogP contribution in [-0.4, -0.2) is 53.5 Å². The molecule has 0 atom stereocenters. The maximum Gasteiger partial charge on any atom is 0.433 e. The summed E-state index contributed by atoms with van der Waals surface area (Å²) in [6.07, 6.45) is -5.27. The first-order chi connectivity index (χ1) is 11.7. The van der Waals surface area contributed by atoms with Crippen LogP contribution in [0.4, 0.5) is 18.0 Å². The second-order valence-electron chi connectivity index (χ2n) is 6.31. The van der Waals surface area contributed by atoms with Crippen LogP contribution in [0.25, 0.3) is 0 Å². The number of pyridine rings is 1. The molecule has 2 fully saturated rings. The van der Waals surface area contributed by atoms with Crippen molar-refractivity contribution in [3.63, 3.8) is 0 Å². The number of nitrogens with two attached hydrogens (primary N) is 1. The first kappa shape index (κ1) is 17.7. The second kappa shape index (κ2) is 6.34. The number of rotatable bonds is 3. The van der Waals surface area contributed by atoms with Crippen LogP contribution in [0.3, 0.4) is 0 Å². The first-order valence-electron chi connectivity index (χ1n) is 7.78. The highest BCUT2D eigenvalue weighted by Gasteiger charge is 2.40. The van der Waals surface area contributed by atoms with E-state index in [1.54, 1.807) is 0 Å². The standard InChI is InChI=1S/C15H18F3N3O4/c16-15(17,18)11-5-9(14(19)7-24-8-14)6-12(20-11)25-10-1-3-21(4-2-10)13(22)23/h5-6,10H,1-4,7-8,19H2,(H,22,23). The van der Waals surface area contributed by atoms with E-state index in [4.69, 9.17) is 20.3 Å². The summed E-state index contributed by atoms with van der Waals surface area (Å²) in [7, 11) is 0. The smallest absolute Gasteiger partial charge is 0.433 e. The molecular formula is C15H18F3N3O4. The normalized spacial score (nSPS) is 20.9. The molecule has 10 heteroatoms. The van der Waals surface area contributed by atoms with E-state index in [0.717, 1.165) is 6.07 Å². The van der Waals surface area contributed by atoms with Crippen LogP contribution < -0.4 is 10.5 Å². The Bertz CT molecular complexity index is 656. The van der Waals surface area contributed by atoms with E-state index in [1.165, 1.54) is 11.0 Å². The van der Waals surface area contributed by atoms with Crippen molar-refractivity contribution in [2.75, 3.05) is 26.3 Å². The topological polar surface area (TPSA) is 97.9 Å². The van der Waals surface area contributed by atoms with Crippen molar-refractivity contribution in [2.45, 2.75) is 30.7 Å². The Kier molecular flexibility index (Phi) is 4.50. The third-order valence-electron chi connectivity index (χ3n) is 4.39. The van der Waals surface area contributed by atoms with Gasteiger partial charge in [-0.15, -0.1) is 0 Å². The average molecular weight is 361 g/mol. The van der Waals surface area contributed by atoms with Gasteiger partial charge < -0.3 is 25.2 Å². The molecule has 0 aromatic carbocycles. The fraction of sp³-hybridized carbons (Fsp3) is 0.600. The van der Waals surface area contributed by atoms with Crippen molar-refractivity contribution in [3.05, 3.63) is 23.4 Å². The summed E-state index contributed by atoms with van der Waals surface area (Å²) in [5.74, 6) is -0.157. The van der Waals surface area contributed by atoms with E-state index < -0.39 is 29.6 Å². The van der Waals surface area contributed by atoms with Crippen molar-refractivity contribution in [2.24, 2.45) is 5.73 Å². The lowest BCUT2D eigenvalue weighted by atomic mass is 9.89. The van der Waals surface area contributed by atoms with E-state index in [9.17, 15) is 18.0 Å². The minimum atomic E-state index is -4.62. The summed E-state index contributed by atoms with van der Waals surface area (Å²) < 4.78 is 50.0. The van der Waals surface area contributed by atoms with Gasteiger partial charge in [-0.3, -0.25) is 0 Å². The molecule has 2 aliphatic heterocycles. The van der Waals surface area contributed by atoms with Crippen molar-refractivity contribution in [1.29, 1.82) is 0 Å². The van der Waals surface area contributed by atoms with Crippen LogP contribution in [0, 0.1) is 0 Å². The zero-order chi connectivity index (χ0) is 18.2. The predicted molar refractivity (Wildman–Crippen MR) is 79.2 cm³/mol. The van der Waals surface area contributed by atoms with Crippen molar-refractivity contribution in [1.82, 2.24) is 9.88 Å². The van der Waals surface area contributed by atoms with Crippen LogP contribution in [0.1, 0.15) is 24.1 Å². The monoisotopic (exact) mass is 361 g/mol. The van der Waals surface area contributed by atoms with Crippen molar-refractivity contribution >= 4 is 6.09 Å². The lowest BCUT2D eigenvalue weighted by Crippen LogP contribution is -2.54. The van der Waals surface area contributed by atoms with E-state index in [2.05, 4.69) is 4.98 Å². The fourth-order valence-electron chi connectivity index (χ4n) is 2.82. The molecule has 1 amide bonds. The summed E-state index contributed by atoms with van der Waals surface area (Å²) in [5, 5.41) is 8.92. The lowest BCUT2D eigenvalue weighted by molar-refractivity contribution is -0.141. The van der Waals surface area contributed by atoms with Gasteiger partial charge >= 0.3 is 12.3 Å². The second-order valence-corrected chi connectivity index (χ2v) is 6.31. The van der Waals surface area contributed by atoms with Gasteiger partial charge in [0, 0.05) is 32.0 Å². The molecule has 0 radical (unpaired) electrons. The fourth-order valence-corrected chi connectivity index (χ4v) is 2.82. The van der Waals surface area contributed by atoms with Crippen LogP contribution >= 0.6 is 0 Å². The van der Waals surface area contributed by atoms with Gasteiger partial charge in [0.2, 0.25) is 5.88 Å². The molecule has 1 aromatic rings.